The molecule has 8 nitrogen and oxygen atoms in total. The molecule has 0 radical (unpaired) electrons. The van der Waals surface area contributed by atoms with Crippen molar-refractivity contribution in [1.82, 2.24) is 25.0 Å². The summed E-state index contributed by atoms with van der Waals surface area (Å²) in [6.45, 7) is 11.8. The Balaban J connectivity index is 1.06. The van der Waals surface area contributed by atoms with Crippen molar-refractivity contribution in [3.8, 4) is 5.13 Å². The van der Waals surface area contributed by atoms with Gasteiger partial charge in [-0.3, -0.25) is 14.3 Å². The maximum atomic E-state index is 12.9. The van der Waals surface area contributed by atoms with E-state index in [1.54, 1.807) is 11.3 Å². The van der Waals surface area contributed by atoms with Crippen LogP contribution in [0.1, 0.15) is 24.0 Å². The summed E-state index contributed by atoms with van der Waals surface area (Å²) in [5.41, 5.74) is 4.08. The Morgan fingerprint density at radius 1 is 1.00 bits per heavy atom. The number of piperidine rings is 1. The van der Waals surface area contributed by atoms with Crippen molar-refractivity contribution in [3.05, 3.63) is 53.9 Å². The van der Waals surface area contributed by atoms with Crippen LogP contribution in [0.3, 0.4) is 0 Å². The number of piperazine rings is 1. The average Bonchev–Trinajstić information content (AvgIpc) is 3.59. The maximum Gasteiger partial charge on any atom is 0.224 e. The molecule has 2 aliphatic heterocycles. The second-order valence-electron chi connectivity index (χ2n) is 9.58. The lowest BCUT2D eigenvalue weighted by Gasteiger charge is -2.37. The molecule has 0 aliphatic carbocycles. The van der Waals surface area contributed by atoms with Crippen LogP contribution in [0.5, 0.6) is 0 Å². The van der Waals surface area contributed by atoms with Gasteiger partial charge in [0.2, 0.25) is 16.2 Å². The van der Waals surface area contributed by atoms with Gasteiger partial charge in [0.05, 0.1) is 5.92 Å². The van der Waals surface area contributed by atoms with Crippen molar-refractivity contribution in [2.75, 3.05) is 62.2 Å². The number of anilines is 2. The first-order valence-electron chi connectivity index (χ1n) is 12.6. The Morgan fingerprint density at radius 3 is 2.57 bits per heavy atom. The number of nitrogens with one attached hydrogen (secondary N) is 1. The molecule has 1 unspecified atom stereocenters. The summed E-state index contributed by atoms with van der Waals surface area (Å²) in [5.74, 6) is 0.169. The Morgan fingerprint density at radius 2 is 1.77 bits per heavy atom. The number of carbonyl (C=O) groups is 1. The van der Waals surface area contributed by atoms with E-state index >= 15 is 0 Å². The Hall–Kier alpha value is -2.91. The van der Waals surface area contributed by atoms with Crippen molar-refractivity contribution < 1.29 is 4.79 Å². The molecular formula is C26H35N7OS. The molecule has 4 heterocycles. The van der Waals surface area contributed by atoms with Gasteiger partial charge in [-0.2, -0.15) is 0 Å². The highest BCUT2D eigenvalue weighted by Gasteiger charge is 2.28. The number of aryl methyl sites for hydroxylation is 1. The Labute approximate surface area is 211 Å². The molecule has 0 saturated carbocycles. The predicted molar refractivity (Wildman–Crippen MR) is 142 cm³/mol. The highest BCUT2D eigenvalue weighted by atomic mass is 32.1. The standard InChI is InChI=1S/C26H35N7OS/c1-20-7-5-9-23(21(20)2)31-17-15-30(16-18-31)14-10-27-24(34)22-8-6-13-33(19-22)26-29-28-25(35-26)32-11-3-4-12-32/h3-5,7,9,11-12,22H,6,8,10,13-19H2,1-2H3,(H,27,34). The Kier molecular flexibility index (Phi) is 7.34. The smallest absolute Gasteiger partial charge is 0.224 e. The minimum Gasteiger partial charge on any atom is -0.369 e. The lowest BCUT2D eigenvalue weighted by atomic mass is 9.97. The quantitative estimate of drug-likeness (QED) is 0.546. The van der Waals surface area contributed by atoms with Crippen LogP contribution in [0.25, 0.3) is 5.13 Å². The van der Waals surface area contributed by atoms with Crippen molar-refractivity contribution in [1.29, 1.82) is 0 Å². The molecule has 2 fully saturated rings. The number of benzene rings is 1. The van der Waals surface area contributed by atoms with E-state index in [9.17, 15) is 4.79 Å². The van der Waals surface area contributed by atoms with Gasteiger partial charge in [-0.25, -0.2) is 0 Å². The molecule has 2 aliphatic rings. The third kappa shape index (κ3) is 5.51. The number of nitrogens with zero attached hydrogens (tertiary/aromatic N) is 6. The van der Waals surface area contributed by atoms with E-state index in [4.69, 9.17) is 0 Å². The monoisotopic (exact) mass is 493 g/mol. The van der Waals surface area contributed by atoms with Crippen LogP contribution < -0.4 is 15.1 Å². The molecule has 2 aromatic heterocycles. The molecule has 1 atom stereocenters. The first-order chi connectivity index (χ1) is 17.1. The third-order valence-electron chi connectivity index (χ3n) is 7.31. The summed E-state index contributed by atoms with van der Waals surface area (Å²) >= 11 is 1.57. The van der Waals surface area contributed by atoms with Gasteiger partial charge in [0.25, 0.3) is 0 Å². The highest BCUT2D eigenvalue weighted by molar-refractivity contribution is 7.17. The second kappa shape index (κ2) is 10.8. The van der Waals surface area contributed by atoms with Gasteiger partial charge in [-0.05, 0) is 56.0 Å². The maximum absolute atomic E-state index is 12.9. The van der Waals surface area contributed by atoms with Crippen LogP contribution in [0, 0.1) is 19.8 Å². The molecule has 5 rings (SSSR count). The summed E-state index contributed by atoms with van der Waals surface area (Å²) in [6.07, 6.45) is 5.87. The fraction of sp³-hybridized carbons (Fsp3) is 0.500. The molecule has 1 N–H and O–H groups in total. The molecule has 35 heavy (non-hydrogen) atoms. The number of hydrogen-bond donors (Lipinski definition) is 1. The second-order valence-corrected chi connectivity index (χ2v) is 10.5. The van der Waals surface area contributed by atoms with Gasteiger partial charge < -0.3 is 15.1 Å². The molecule has 0 bridgehead atoms. The van der Waals surface area contributed by atoms with Crippen LogP contribution in [-0.4, -0.2) is 77.9 Å². The van der Waals surface area contributed by atoms with Gasteiger partial charge in [-0.1, -0.05) is 23.5 Å². The number of hydrogen-bond acceptors (Lipinski definition) is 7. The lowest BCUT2D eigenvalue weighted by Crippen LogP contribution is -2.49. The molecular weight excluding hydrogens is 458 g/mol. The summed E-state index contributed by atoms with van der Waals surface area (Å²) in [4.78, 5) is 20.1. The number of carbonyl (C=O) groups excluding carboxylic acids is 1. The van der Waals surface area contributed by atoms with Crippen LogP contribution in [0.4, 0.5) is 10.8 Å². The van der Waals surface area contributed by atoms with E-state index < -0.39 is 0 Å². The topological polar surface area (TPSA) is 69.5 Å². The fourth-order valence-corrected chi connectivity index (χ4v) is 5.89. The van der Waals surface area contributed by atoms with E-state index in [1.807, 2.05) is 29.1 Å². The number of amides is 1. The van der Waals surface area contributed by atoms with Crippen LogP contribution in [0.2, 0.25) is 0 Å². The zero-order chi connectivity index (χ0) is 24.2. The third-order valence-corrected chi connectivity index (χ3v) is 8.31. The predicted octanol–water partition coefficient (Wildman–Crippen LogP) is 3.10. The van der Waals surface area contributed by atoms with Crippen LogP contribution in [0.15, 0.2) is 42.7 Å². The van der Waals surface area contributed by atoms with E-state index in [2.05, 4.69) is 62.3 Å². The molecule has 1 aromatic carbocycles. The lowest BCUT2D eigenvalue weighted by molar-refractivity contribution is -0.125. The van der Waals surface area contributed by atoms with Crippen molar-refractivity contribution in [2.24, 2.45) is 5.92 Å². The summed E-state index contributed by atoms with van der Waals surface area (Å²) < 4.78 is 1.97. The number of aromatic nitrogens is 3. The normalized spacial score (nSPS) is 19.2. The largest absolute Gasteiger partial charge is 0.369 e. The van der Waals surface area contributed by atoms with E-state index in [0.29, 0.717) is 13.1 Å². The molecule has 0 spiro atoms. The first-order valence-corrected chi connectivity index (χ1v) is 13.4. The van der Waals surface area contributed by atoms with Gasteiger partial charge in [0, 0.05) is 70.4 Å². The molecule has 1 amide bonds. The van der Waals surface area contributed by atoms with E-state index in [1.165, 1.54) is 16.8 Å². The fourth-order valence-electron chi connectivity index (χ4n) is 5.04. The number of rotatable bonds is 7. The summed E-state index contributed by atoms with van der Waals surface area (Å²) in [6, 6.07) is 10.5. The van der Waals surface area contributed by atoms with Crippen molar-refractivity contribution in [3.63, 3.8) is 0 Å². The SMILES string of the molecule is Cc1cccc(N2CCN(CCNC(=O)C3CCCN(c4nnc(-n5cccc5)s4)C3)CC2)c1C. The average molecular weight is 494 g/mol. The van der Waals surface area contributed by atoms with Crippen LogP contribution in [-0.2, 0) is 4.79 Å². The first kappa shape index (κ1) is 23.8. The zero-order valence-corrected chi connectivity index (χ0v) is 21.5. The van der Waals surface area contributed by atoms with Gasteiger partial charge in [-0.15, -0.1) is 10.2 Å². The van der Waals surface area contributed by atoms with E-state index in [-0.39, 0.29) is 11.8 Å². The Bertz CT molecular complexity index is 1120. The molecule has 3 aromatic rings. The van der Waals surface area contributed by atoms with Crippen molar-refractivity contribution in [2.45, 2.75) is 26.7 Å². The van der Waals surface area contributed by atoms with E-state index in [0.717, 1.165) is 62.4 Å². The molecule has 186 valence electrons. The highest BCUT2D eigenvalue weighted by Crippen LogP contribution is 2.28. The van der Waals surface area contributed by atoms with Gasteiger partial charge in [0.1, 0.15) is 0 Å². The molecule has 9 heteroatoms. The zero-order valence-electron chi connectivity index (χ0n) is 20.7. The molecule has 2 saturated heterocycles. The van der Waals surface area contributed by atoms with Crippen molar-refractivity contribution >= 4 is 28.1 Å². The van der Waals surface area contributed by atoms with Crippen LogP contribution >= 0.6 is 11.3 Å². The van der Waals surface area contributed by atoms with Gasteiger partial charge >= 0.3 is 0 Å². The summed E-state index contributed by atoms with van der Waals surface area (Å²) in [5, 5.41) is 13.7. The minimum atomic E-state index is 0.00354. The summed E-state index contributed by atoms with van der Waals surface area (Å²) in [7, 11) is 0. The van der Waals surface area contributed by atoms with Gasteiger partial charge in [0.15, 0.2) is 0 Å². The minimum absolute atomic E-state index is 0.00354.